The highest BCUT2D eigenvalue weighted by Crippen LogP contribution is 2.37. The third-order valence-corrected chi connectivity index (χ3v) is 6.85. The number of likely N-dealkylation sites (tertiary alicyclic amines) is 1. The summed E-state index contributed by atoms with van der Waals surface area (Å²) >= 11 is 0. The van der Waals surface area contributed by atoms with E-state index in [4.69, 9.17) is 0 Å². The van der Waals surface area contributed by atoms with Crippen LogP contribution in [0.15, 0.2) is 36.4 Å². The summed E-state index contributed by atoms with van der Waals surface area (Å²) in [5, 5.41) is 2.38. The number of nitrogens with zero attached hydrogens (tertiary/aromatic N) is 2. The number of hydrogen-bond donors (Lipinski definition) is 1. The van der Waals surface area contributed by atoms with Gasteiger partial charge in [-0.05, 0) is 68.0 Å². The zero-order valence-electron chi connectivity index (χ0n) is 20.2. The molecule has 2 aromatic rings. The van der Waals surface area contributed by atoms with Crippen LogP contribution in [-0.4, -0.2) is 42.9 Å². The van der Waals surface area contributed by atoms with Crippen molar-refractivity contribution in [2.75, 3.05) is 36.4 Å². The summed E-state index contributed by atoms with van der Waals surface area (Å²) < 4.78 is 79.3. The molecule has 200 valence electrons. The third kappa shape index (κ3) is 6.19. The highest BCUT2D eigenvalue weighted by atomic mass is 19.4. The molecule has 4 rings (SSSR count). The van der Waals surface area contributed by atoms with Gasteiger partial charge in [-0.1, -0.05) is 6.92 Å². The SMILES string of the molecule is CC1CCN(c2ccc(NC(=O)c3cc(C(F)(F)F)cc(C(F)(F)F)c3)cc2C(=O)N2CCCC2)CC1. The van der Waals surface area contributed by atoms with Gasteiger partial charge in [-0.3, -0.25) is 9.59 Å². The van der Waals surface area contributed by atoms with Crippen molar-refractivity contribution in [3.63, 3.8) is 0 Å². The number of nitrogens with one attached hydrogen (secondary N) is 1. The summed E-state index contributed by atoms with van der Waals surface area (Å²) in [6.07, 6.45) is -6.50. The Morgan fingerprint density at radius 2 is 1.41 bits per heavy atom. The van der Waals surface area contributed by atoms with Crippen LogP contribution in [-0.2, 0) is 12.4 Å². The normalized spacial score (nSPS) is 17.3. The first-order chi connectivity index (χ1) is 17.3. The van der Waals surface area contributed by atoms with Gasteiger partial charge in [0, 0.05) is 43.1 Å². The monoisotopic (exact) mass is 527 g/mol. The van der Waals surface area contributed by atoms with Crippen LogP contribution in [0, 0.1) is 5.92 Å². The van der Waals surface area contributed by atoms with Crippen LogP contribution in [0.25, 0.3) is 0 Å². The van der Waals surface area contributed by atoms with Crippen LogP contribution < -0.4 is 10.2 Å². The van der Waals surface area contributed by atoms with E-state index in [9.17, 15) is 35.9 Å². The summed E-state index contributed by atoms with van der Waals surface area (Å²) in [5.41, 5.74) is -2.80. The van der Waals surface area contributed by atoms with E-state index in [-0.39, 0.29) is 17.7 Å². The van der Waals surface area contributed by atoms with Crippen LogP contribution in [0.3, 0.4) is 0 Å². The van der Waals surface area contributed by atoms with Crippen LogP contribution in [0.1, 0.15) is 64.4 Å². The van der Waals surface area contributed by atoms with Crippen molar-refractivity contribution in [1.29, 1.82) is 0 Å². The lowest BCUT2D eigenvalue weighted by Crippen LogP contribution is -2.35. The first-order valence-corrected chi connectivity index (χ1v) is 12.1. The lowest BCUT2D eigenvalue weighted by molar-refractivity contribution is -0.143. The van der Waals surface area contributed by atoms with Gasteiger partial charge in [0.25, 0.3) is 11.8 Å². The number of rotatable bonds is 4. The van der Waals surface area contributed by atoms with Crippen molar-refractivity contribution in [2.24, 2.45) is 5.92 Å². The maximum atomic E-state index is 13.3. The third-order valence-electron chi connectivity index (χ3n) is 6.85. The molecule has 0 spiro atoms. The van der Waals surface area contributed by atoms with Gasteiger partial charge >= 0.3 is 12.4 Å². The Hall–Kier alpha value is -3.24. The van der Waals surface area contributed by atoms with Crippen molar-refractivity contribution in [2.45, 2.75) is 45.0 Å². The summed E-state index contributed by atoms with van der Waals surface area (Å²) in [5.74, 6) is -0.807. The van der Waals surface area contributed by atoms with Crippen LogP contribution in [0.2, 0.25) is 0 Å². The lowest BCUT2D eigenvalue weighted by Gasteiger charge is -2.34. The Morgan fingerprint density at radius 3 is 1.95 bits per heavy atom. The molecule has 2 saturated heterocycles. The number of alkyl halides is 6. The molecule has 2 fully saturated rings. The number of carbonyl (C=O) groups is 2. The summed E-state index contributed by atoms with van der Waals surface area (Å²) in [7, 11) is 0. The van der Waals surface area contributed by atoms with Crippen LogP contribution in [0.5, 0.6) is 0 Å². The number of carbonyl (C=O) groups excluding carboxylic acids is 2. The molecule has 0 saturated carbocycles. The van der Waals surface area contributed by atoms with Gasteiger partial charge < -0.3 is 15.1 Å². The Bertz CT molecular complexity index is 1130. The molecule has 0 atom stereocenters. The van der Waals surface area contributed by atoms with Crippen LogP contribution >= 0.6 is 0 Å². The molecule has 1 N–H and O–H groups in total. The van der Waals surface area contributed by atoms with Crippen molar-refractivity contribution in [3.8, 4) is 0 Å². The summed E-state index contributed by atoms with van der Waals surface area (Å²) in [6, 6.07) is 5.35. The second-order valence-corrected chi connectivity index (χ2v) is 9.65. The largest absolute Gasteiger partial charge is 0.416 e. The summed E-state index contributed by atoms with van der Waals surface area (Å²) in [6.45, 7) is 4.84. The molecular weight excluding hydrogens is 500 g/mol. The minimum Gasteiger partial charge on any atom is -0.371 e. The second-order valence-electron chi connectivity index (χ2n) is 9.65. The first kappa shape index (κ1) is 26.8. The average molecular weight is 528 g/mol. The molecule has 2 amide bonds. The molecule has 11 heteroatoms. The fourth-order valence-electron chi connectivity index (χ4n) is 4.69. The predicted molar refractivity (Wildman–Crippen MR) is 127 cm³/mol. The Balaban J connectivity index is 1.66. The van der Waals surface area contributed by atoms with E-state index in [0.29, 0.717) is 42.4 Å². The Morgan fingerprint density at radius 1 is 0.838 bits per heavy atom. The van der Waals surface area contributed by atoms with E-state index >= 15 is 0 Å². The number of piperidine rings is 1. The standard InChI is InChI=1S/C26H27F6N3O2/c1-16-6-10-34(11-7-16)22-5-4-20(15-21(22)24(37)35-8-2-3-9-35)33-23(36)17-12-18(25(27,28)29)14-19(13-17)26(30,31)32/h4-5,12-16H,2-3,6-11H2,1H3,(H,33,36). The van der Waals surface area contributed by atoms with Gasteiger partial charge in [0.05, 0.1) is 16.7 Å². The van der Waals surface area contributed by atoms with Gasteiger partial charge in [-0.25, -0.2) is 0 Å². The molecule has 0 unspecified atom stereocenters. The molecule has 5 nitrogen and oxygen atoms in total. The number of hydrogen-bond acceptors (Lipinski definition) is 3. The fraction of sp³-hybridized carbons (Fsp3) is 0.462. The Kier molecular flexibility index (Phi) is 7.43. The minimum absolute atomic E-state index is 0.0299. The van der Waals surface area contributed by atoms with E-state index in [2.05, 4.69) is 17.1 Å². The van der Waals surface area contributed by atoms with Crippen molar-refractivity contribution in [3.05, 3.63) is 58.7 Å². The van der Waals surface area contributed by atoms with E-state index in [0.717, 1.165) is 38.8 Å². The molecule has 0 aromatic heterocycles. The topological polar surface area (TPSA) is 52.7 Å². The second kappa shape index (κ2) is 10.3. The predicted octanol–water partition coefficient (Wildman–Crippen LogP) is 6.45. The molecule has 0 bridgehead atoms. The number of halogens is 6. The molecule has 2 aliphatic heterocycles. The highest BCUT2D eigenvalue weighted by molar-refractivity contribution is 6.06. The highest BCUT2D eigenvalue weighted by Gasteiger charge is 2.37. The maximum Gasteiger partial charge on any atom is 0.416 e. The Labute approximate surface area is 210 Å². The molecule has 0 aliphatic carbocycles. The van der Waals surface area contributed by atoms with Gasteiger partial charge in [0.1, 0.15) is 0 Å². The quantitative estimate of drug-likeness (QED) is 0.465. The van der Waals surface area contributed by atoms with E-state index in [1.54, 1.807) is 11.0 Å². The van der Waals surface area contributed by atoms with Gasteiger partial charge in [-0.15, -0.1) is 0 Å². The van der Waals surface area contributed by atoms with E-state index < -0.39 is 35.0 Å². The van der Waals surface area contributed by atoms with Gasteiger partial charge in [0.2, 0.25) is 0 Å². The van der Waals surface area contributed by atoms with E-state index in [1.807, 2.05) is 0 Å². The smallest absolute Gasteiger partial charge is 0.371 e. The molecule has 2 heterocycles. The first-order valence-electron chi connectivity index (χ1n) is 12.1. The average Bonchev–Trinajstić information content (AvgIpc) is 3.38. The van der Waals surface area contributed by atoms with Crippen LogP contribution in [0.4, 0.5) is 37.7 Å². The van der Waals surface area contributed by atoms with Gasteiger partial charge in [0.15, 0.2) is 0 Å². The molecule has 2 aromatic carbocycles. The molecular formula is C26H27F6N3O2. The zero-order chi connectivity index (χ0) is 27.0. The van der Waals surface area contributed by atoms with Crippen molar-refractivity contribution < 1.29 is 35.9 Å². The van der Waals surface area contributed by atoms with Gasteiger partial charge in [-0.2, -0.15) is 26.3 Å². The van der Waals surface area contributed by atoms with Crippen molar-refractivity contribution in [1.82, 2.24) is 4.90 Å². The van der Waals surface area contributed by atoms with E-state index in [1.165, 1.54) is 12.1 Å². The summed E-state index contributed by atoms with van der Waals surface area (Å²) in [4.78, 5) is 29.9. The maximum absolute atomic E-state index is 13.3. The fourth-order valence-corrected chi connectivity index (χ4v) is 4.69. The minimum atomic E-state index is -5.07. The molecule has 0 radical (unpaired) electrons. The number of anilines is 2. The van der Waals surface area contributed by atoms with Crippen molar-refractivity contribution >= 4 is 23.2 Å². The molecule has 2 aliphatic rings. The number of benzene rings is 2. The number of amides is 2. The molecule has 37 heavy (non-hydrogen) atoms. The lowest BCUT2D eigenvalue weighted by atomic mass is 9.97. The zero-order valence-corrected chi connectivity index (χ0v) is 20.2.